The zero-order valence-electron chi connectivity index (χ0n) is 18.0. The molecule has 0 fully saturated rings. The largest absolute Gasteiger partial charge is 0.325 e. The van der Waals surface area contributed by atoms with Crippen molar-refractivity contribution in [2.24, 2.45) is 0 Å². The number of hydrogen-bond donors (Lipinski definition) is 2. The fourth-order valence-electron chi connectivity index (χ4n) is 4.11. The summed E-state index contributed by atoms with van der Waals surface area (Å²) in [6.45, 7) is 0. The van der Waals surface area contributed by atoms with E-state index in [0.29, 0.717) is 21.1 Å². The molecule has 172 valence electrons. The highest BCUT2D eigenvalue weighted by atomic mass is 32.2. The number of fused-ring (bicyclic) bond motifs is 2. The van der Waals surface area contributed by atoms with Crippen LogP contribution in [-0.2, 0) is 17.6 Å². The van der Waals surface area contributed by atoms with Gasteiger partial charge in [0.2, 0.25) is 5.91 Å². The number of nitro groups is 1. The number of anilines is 1. The molecule has 0 saturated heterocycles. The zero-order chi connectivity index (χ0) is 23.7. The molecule has 2 heterocycles. The van der Waals surface area contributed by atoms with E-state index in [1.807, 2.05) is 5.38 Å². The summed E-state index contributed by atoms with van der Waals surface area (Å²) in [6.07, 6.45) is 4.61. The maximum atomic E-state index is 12.9. The quantitative estimate of drug-likeness (QED) is 0.166. The Hall–Kier alpha value is -3.50. The molecular formula is C24H20N4O4S2. The lowest BCUT2D eigenvalue weighted by molar-refractivity contribution is -0.384. The number of hydrogen-bond acceptors (Lipinski definition) is 7. The van der Waals surface area contributed by atoms with Crippen molar-refractivity contribution in [2.75, 3.05) is 11.1 Å². The standard InChI is InChI=1S/C24H20N4O4S2/c29-20(25-17-7-9-18(10-8-17)28(31)32)13-34-24-26-22(30)21-19(12-33-23(21)27-24)16-6-5-14-3-1-2-4-15(14)11-16/h5-12H,1-4,13H2,(H,25,29)(H,26,27,30). The number of nitro benzene ring substituents is 1. The van der Waals surface area contributed by atoms with Crippen LogP contribution in [-0.4, -0.2) is 26.6 Å². The lowest BCUT2D eigenvalue weighted by atomic mass is 9.89. The minimum atomic E-state index is -0.499. The second-order valence-corrected chi connectivity index (χ2v) is 9.85. The Morgan fingerprint density at radius 3 is 2.68 bits per heavy atom. The van der Waals surface area contributed by atoms with Crippen molar-refractivity contribution in [3.63, 3.8) is 0 Å². The number of nitrogens with one attached hydrogen (secondary N) is 2. The topological polar surface area (TPSA) is 118 Å². The minimum Gasteiger partial charge on any atom is -0.325 e. The second kappa shape index (κ2) is 9.40. The van der Waals surface area contributed by atoms with E-state index in [1.165, 1.54) is 59.6 Å². The average Bonchev–Trinajstić information content (AvgIpc) is 3.27. The molecule has 0 unspecified atom stereocenters. The summed E-state index contributed by atoms with van der Waals surface area (Å²) < 4.78 is 0. The number of rotatable bonds is 6. The van der Waals surface area contributed by atoms with Gasteiger partial charge in [-0.25, -0.2) is 4.98 Å². The highest BCUT2D eigenvalue weighted by molar-refractivity contribution is 7.99. The van der Waals surface area contributed by atoms with Crippen LogP contribution in [0.5, 0.6) is 0 Å². The number of aryl methyl sites for hydroxylation is 2. The van der Waals surface area contributed by atoms with Gasteiger partial charge in [0.1, 0.15) is 4.83 Å². The van der Waals surface area contributed by atoms with Gasteiger partial charge in [-0.2, -0.15) is 0 Å². The molecule has 34 heavy (non-hydrogen) atoms. The van der Waals surface area contributed by atoms with E-state index in [1.54, 1.807) is 0 Å². The lowest BCUT2D eigenvalue weighted by Crippen LogP contribution is -2.15. The van der Waals surface area contributed by atoms with Gasteiger partial charge in [0.25, 0.3) is 11.2 Å². The summed E-state index contributed by atoms with van der Waals surface area (Å²) in [4.78, 5) is 43.4. The molecule has 10 heteroatoms. The lowest BCUT2D eigenvalue weighted by Gasteiger charge is -2.16. The minimum absolute atomic E-state index is 0.0362. The Bertz CT molecular complexity index is 1460. The molecule has 2 aromatic heterocycles. The highest BCUT2D eigenvalue weighted by Gasteiger charge is 2.16. The third kappa shape index (κ3) is 4.59. The van der Waals surface area contributed by atoms with Crippen LogP contribution in [0.2, 0.25) is 0 Å². The van der Waals surface area contributed by atoms with E-state index in [-0.39, 0.29) is 22.9 Å². The fraction of sp³-hybridized carbons (Fsp3) is 0.208. The first kappa shape index (κ1) is 22.3. The van der Waals surface area contributed by atoms with Crippen LogP contribution in [0.25, 0.3) is 21.3 Å². The summed E-state index contributed by atoms with van der Waals surface area (Å²) in [5.74, 6) is -0.267. The van der Waals surface area contributed by atoms with Crippen LogP contribution in [0.15, 0.2) is 57.8 Å². The molecule has 0 spiro atoms. The van der Waals surface area contributed by atoms with Gasteiger partial charge in [-0.15, -0.1) is 11.3 Å². The summed E-state index contributed by atoms with van der Waals surface area (Å²) in [6, 6.07) is 12.0. The van der Waals surface area contributed by atoms with E-state index in [0.717, 1.165) is 35.7 Å². The molecule has 0 aliphatic heterocycles. The van der Waals surface area contributed by atoms with Crippen LogP contribution in [0.4, 0.5) is 11.4 Å². The van der Waals surface area contributed by atoms with Gasteiger partial charge in [-0.05, 0) is 54.5 Å². The predicted octanol–water partition coefficient (Wildman–Crippen LogP) is 5.17. The van der Waals surface area contributed by atoms with E-state index in [4.69, 9.17) is 0 Å². The van der Waals surface area contributed by atoms with Gasteiger partial charge in [0.15, 0.2) is 5.16 Å². The summed E-state index contributed by atoms with van der Waals surface area (Å²) in [7, 11) is 0. The van der Waals surface area contributed by atoms with Gasteiger partial charge in [0.05, 0.1) is 16.1 Å². The van der Waals surface area contributed by atoms with Crippen LogP contribution < -0.4 is 10.9 Å². The van der Waals surface area contributed by atoms with Crippen molar-refractivity contribution in [2.45, 2.75) is 30.8 Å². The van der Waals surface area contributed by atoms with Crippen molar-refractivity contribution in [3.05, 3.63) is 79.4 Å². The molecular weight excluding hydrogens is 472 g/mol. The molecule has 4 aromatic rings. The number of thiophene rings is 1. The second-order valence-electron chi connectivity index (χ2n) is 8.03. The van der Waals surface area contributed by atoms with Crippen molar-refractivity contribution in [1.82, 2.24) is 9.97 Å². The Morgan fingerprint density at radius 1 is 1.15 bits per heavy atom. The number of thioether (sulfide) groups is 1. The Labute approximate surface area is 202 Å². The highest BCUT2D eigenvalue weighted by Crippen LogP contribution is 2.34. The Balaban J connectivity index is 1.30. The maximum absolute atomic E-state index is 12.9. The number of H-pyrrole nitrogens is 1. The molecule has 2 aromatic carbocycles. The number of benzene rings is 2. The Morgan fingerprint density at radius 2 is 1.91 bits per heavy atom. The third-order valence-electron chi connectivity index (χ3n) is 5.78. The number of carbonyl (C=O) groups is 1. The van der Waals surface area contributed by atoms with Crippen molar-refractivity contribution >= 4 is 50.6 Å². The molecule has 5 rings (SSSR count). The summed E-state index contributed by atoms with van der Waals surface area (Å²) >= 11 is 2.54. The summed E-state index contributed by atoms with van der Waals surface area (Å²) in [5, 5.41) is 16.3. The van der Waals surface area contributed by atoms with Gasteiger partial charge < -0.3 is 10.3 Å². The molecule has 1 aliphatic carbocycles. The molecule has 0 radical (unpaired) electrons. The van der Waals surface area contributed by atoms with Crippen molar-refractivity contribution in [3.8, 4) is 11.1 Å². The molecule has 2 N–H and O–H groups in total. The third-order valence-corrected chi connectivity index (χ3v) is 7.53. The first-order valence-corrected chi connectivity index (χ1v) is 12.7. The fourth-order valence-corrected chi connectivity index (χ4v) is 5.77. The molecule has 0 atom stereocenters. The van der Waals surface area contributed by atoms with Gasteiger partial charge >= 0.3 is 0 Å². The number of aromatic nitrogens is 2. The van der Waals surface area contributed by atoms with Crippen LogP contribution in [0.3, 0.4) is 0 Å². The monoisotopic (exact) mass is 492 g/mol. The van der Waals surface area contributed by atoms with E-state index in [9.17, 15) is 19.7 Å². The van der Waals surface area contributed by atoms with Crippen molar-refractivity contribution in [1.29, 1.82) is 0 Å². The molecule has 1 amide bonds. The van der Waals surface area contributed by atoms with Gasteiger partial charge in [-0.3, -0.25) is 19.7 Å². The molecule has 0 saturated carbocycles. The van der Waals surface area contributed by atoms with E-state index < -0.39 is 4.92 Å². The number of nitrogens with zero attached hydrogens (tertiary/aromatic N) is 2. The smallest absolute Gasteiger partial charge is 0.269 e. The predicted molar refractivity (Wildman–Crippen MR) is 135 cm³/mol. The SMILES string of the molecule is O=C(CSc1nc2scc(-c3ccc4c(c3)CCCC4)c2c(=O)[nH]1)Nc1ccc([N+](=O)[O-])cc1. The summed E-state index contributed by atoms with van der Waals surface area (Å²) in [5.41, 5.74) is 4.86. The molecule has 1 aliphatic rings. The van der Waals surface area contributed by atoms with E-state index in [2.05, 4.69) is 33.5 Å². The normalized spacial score (nSPS) is 12.9. The van der Waals surface area contributed by atoms with Gasteiger partial charge in [0, 0.05) is 28.8 Å². The van der Waals surface area contributed by atoms with Crippen LogP contribution in [0.1, 0.15) is 24.0 Å². The first-order valence-electron chi connectivity index (χ1n) is 10.8. The Kier molecular flexibility index (Phi) is 6.16. The number of carbonyl (C=O) groups excluding carboxylic acids is 1. The molecule has 8 nitrogen and oxygen atoms in total. The van der Waals surface area contributed by atoms with Gasteiger partial charge in [-0.1, -0.05) is 30.0 Å². The van der Waals surface area contributed by atoms with Crippen LogP contribution in [0, 0.1) is 10.1 Å². The first-order chi connectivity index (χ1) is 16.5. The molecule has 0 bridgehead atoms. The van der Waals surface area contributed by atoms with Crippen molar-refractivity contribution < 1.29 is 9.72 Å². The maximum Gasteiger partial charge on any atom is 0.269 e. The number of non-ortho nitro benzene ring substituents is 1. The number of aromatic amines is 1. The van der Waals surface area contributed by atoms with E-state index >= 15 is 0 Å². The average molecular weight is 493 g/mol. The number of amides is 1. The van der Waals surface area contributed by atoms with Crippen LogP contribution >= 0.6 is 23.1 Å². The zero-order valence-corrected chi connectivity index (χ0v) is 19.6.